The van der Waals surface area contributed by atoms with Crippen LogP contribution in [0.15, 0.2) is 53.5 Å². The summed E-state index contributed by atoms with van der Waals surface area (Å²) in [6, 6.07) is 13.8. The van der Waals surface area contributed by atoms with Crippen molar-refractivity contribution in [2.24, 2.45) is 10.7 Å². The zero-order valence-corrected chi connectivity index (χ0v) is 17.8. The molecule has 0 unspecified atom stereocenters. The first-order valence-electron chi connectivity index (χ1n) is 10.7. The molecule has 4 rings (SSSR count). The van der Waals surface area contributed by atoms with Gasteiger partial charge in [0.2, 0.25) is 5.91 Å². The number of amides is 2. The number of halogens is 1. The fourth-order valence-corrected chi connectivity index (χ4v) is 3.87. The molecule has 2 fully saturated rings. The monoisotopic (exact) mass is 438 g/mol. The van der Waals surface area contributed by atoms with Crippen LogP contribution in [0.25, 0.3) is 0 Å². The van der Waals surface area contributed by atoms with Crippen molar-refractivity contribution in [3.05, 3.63) is 65.5 Å². The second kappa shape index (κ2) is 9.67. The maximum Gasteiger partial charge on any atom is 0.254 e. The van der Waals surface area contributed by atoms with E-state index >= 15 is 0 Å². The number of benzene rings is 2. The number of carbonyl (C=O) groups is 2. The number of guanidine groups is 1. The molecule has 0 aliphatic carbocycles. The lowest BCUT2D eigenvalue weighted by Gasteiger charge is -2.36. The molecule has 2 heterocycles. The van der Waals surface area contributed by atoms with Crippen LogP contribution in [-0.2, 0) is 11.3 Å². The third-order valence-corrected chi connectivity index (χ3v) is 5.75. The summed E-state index contributed by atoms with van der Waals surface area (Å²) in [6.07, 6.45) is 0. The van der Waals surface area contributed by atoms with Crippen molar-refractivity contribution in [3.63, 3.8) is 0 Å². The van der Waals surface area contributed by atoms with E-state index in [2.05, 4.69) is 15.2 Å². The molecule has 2 aromatic rings. The van der Waals surface area contributed by atoms with Crippen molar-refractivity contribution in [1.82, 2.24) is 15.1 Å². The smallest absolute Gasteiger partial charge is 0.254 e. The van der Waals surface area contributed by atoms with Crippen LogP contribution >= 0.6 is 0 Å². The predicted molar refractivity (Wildman–Crippen MR) is 121 cm³/mol. The molecule has 9 heteroatoms. The summed E-state index contributed by atoms with van der Waals surface area (Å²) in [4.78, 5) is 34.3. The number of carbonyl (C=O) groups excluding carboxylic acids is 2. The van der Waals surface area contributed by atoms with Crippen molar-refractivity contribution in [1.29, 1.82) is 0 Å². The molecule has 2 aromatic carbocycles. The molecule has 0 radical (unpaired) electrons. The molecule has 0 spiro atoms. The summed E-state index contributed by atoms with van der Waals surface area (Å²) in [5, 5.41) is 2.71. The largest absolute Gasteiger partial charge is 0.370 e. The van der Waals surface area contributed by atoms with Crippen molar-refractivity contribution in [2.75, 3.05) is 50.7 Å². The first kappa shape index (κ1) is 21.6. The molecule has 2 aliphatic rings. The highest BCUT2D eigenvalue weighted by molar-refractivity contribution is 5.97. The van der Waals surface area contributed by atoms with E-state index in [1.807, 2.05) is 17.0 Å². The zero-order chi connectivity index (χ0) is 22.5. The highest BCUT2D eigenvalue weighted by Gasteiger charge is 2.22. The average molecular weight is 439 g/mol. The number of hydrogen-bond donors (Lipinski definition) is 2. The van der Waals surface area contributed by atoms with Gasteiger partial charge < -0.3 is 25.8 Å². The van der Waals surface area contributed by atoms with E-state index in [1.54, 1.807) is 29.2 Å². The van der Waals surface area contributed by atoms with Gasteiger partial charge in [-0.2, -0.15) is 0 Å². The maximum absolute atomic E-state index is 13.1. The third kappa shape index (κ3) is 5.16. The summed E-state index contributed by atoms with van der Waals surface area (Å²) in [7, 11) is 0. The van der Waals surface area contributed by atoms with Gasteiger partial charge in [-0.05, 0) is 42.0 Å². The minimum absolute atomic E-state index is 0.0931. The van der Waals surface area contributed by atoms with E-state index in [0.717, 1.165) is 37.4 Å². The van der Waals surface area contributed by atoms with Gasteiger partial charge in [-0.15, -0.1) is 0 Å². The van der Waals surface area contributed by atoms with Crippen molar-refractivity contribution in [3.8, 4) is 0 Å². The number of hydrogen-bond acceptors (Lipinski definition) is 4. The second-order valence-corrected chi connectivity index (χ2v) is 7.90. The molecule has 8 nitrogen and oxygen atoms in total. The van der Waals surface area contributed by atoms with Crippen molar-refractivity contribution < 1.29 is 14.0 Å². The van der Waals surface area contributed by atoms with Gasteiger partial charge in [-0.1, -0.05) is 12.1 Å². The van der Waals surface area contributed by atoms with Gasteiger partial charge in [0.15, 0.2) is 5.96 Å². The summed E-state index contributed by atoms with van der Waals surface area (Å²) in [5.41, 5.74) is 8.70. The van der Waals surface area contributed by atoms with Crippen LogP contribution < -0.4 is 16.0 Å². The van der Waals surface area contributed by atoms with Gasteiger partial charge in [-0.25, -0.2) is 9.38 Å². The van der Waals surface area contributed by atoms with Crippen LogP contribution in [0, 0.1) is 5.82 Å². The minimum atomic E-state index is -0.236. The Bertz CT molecular complexity index is 985. The summed E-state index contributed by atoms with van der Waals surface area (Å²) in [6.45, 7) is 4.56. The fraction of sp³-hybridized carbons (Fsp3) is 0.348. The number of nitrogens with one attached hydrogen (secondary N) is 1. The highest BCUT2D eigenvalue weighted by Crippen LogP contribution is 2.17. The first-order valence-corrected chi connectivity index (χ1v) is 10.7. The molecular weight excluding hydrogens is 411 g/mol. The van der Waals surface area contributed by atoms with Gasteiger partial charge in [-0.3, -0.25) is 9.59 Å². The first-order chi connectivity index (χ1) is 15.5. The SMILES string of the molecule is NC(=NCc1ccc(C(=O)N2CCNC(=O)C2)cc1)N1CCN(c2ccc(F)cc2)CC1. The topological polar surface area (TPSA) is 94.3 Å². The third-order valence-electron chi connectivity index (χ3n) is 5.75. The summed E-state index contributed by atoms with van der Waals surface area (Å²) < 4.78 is 13.1. The Balaban J connectivity index is 1.29. The molecule has 2 saturated heterocycles. The fourth-order valence-electron chi connectivity index (χ4n) is 3.87. The van der Waals surface area contributed by atoms with Crippen LogP contribution in [0.4, 0.5) is 10.1 Å². The number of aliphatic imine (C=N–C) groups is 1. The molecule has 32 heavy (non-hydrogen) atoms. The zero-order valence-electron chi connectivity index (χ0n) is 17.8. The molecule has 0 bridgehead atoms. The molecule has 0 aromatic heterocycles. The standard InChI is InChI=1S/C23H27FN6O2/c24-19-5-7-20(8-6-19)28-11-13-29(14-12-28)23(25)27-15-17-1-3-18(4-2-17)22(32)30-10-9-26-21(31)16-30/h1-8H,9-16H2,(H2,25,27)(H,26,31). The van der Waals surface area contributed by atoms with Gasteiger partial charge in [0.05, 0.1) is 13.1 Å². The molecular formula is C23H27FN6O2. The Morgan fingerprint density at radius 1 is 0.969 bits per heavy atom. The van der Waals surface area contributed by atoms with Crippen LogP contribution in [-0.4, -0.2) is 73.4 Å². The normalized spacial score (nSPS) is 17.3. The molecule has 0 saturated carbocycles. The number of rotatable bonds is 4. The number of anilines is 1. The Morgan fingerprint density at radius 3 is 2.31 bits per heavy atom. The minimum Gasteiger partial charge on any atom is -0.370 e. The molecule has 3 N–H and O–H groups in total. The lowest BCUT2D eigenvalue weighted by Crippen LogP contribution is -2.51. The summed E-state index contributed by atoms with van der Waals surface area (Å²) >= 11 is 0. The predicted octanol–water partition coefficient (Wildman–Crippen LogP) is 1.03. The van der Waals surface area contributed by atoms with Gasteiger partial charge in [0, 0.05) is 50.5 Å². The van der Waals surface area contributed by atoms with Crippen LogP contribution in [0.1, 0.15) is 15.9 Å². The lowest BCUT2D eigenvalue weighted by atomic mass is 10.1. The molecule has 2 amide bonds. The average Bonchev–Trinajstić information content (AvgIpc) is 2.83. The Hall–Kier alpha value is -3.62. The van der Waals surface area contributed by atoms with Crippen LogP contribution in [0.2, 0.25) is 0 Å². The Labute approximate surface area is 186 Å². The second-order valence-electron chi connectivity index (χ2n) is 7.90. The van der Waals surface area contributed by atoms with E-state index in [4.69, 9.17) is 5.73 Å². The Kier molecular flexibility index (Phi) is 6.53. The molecule has 2 aliphatic heterocycles. The summed E-state index contributed by atoms with van der Waals surface area (Å²) in [5.74, 6) is -0.0266. The van der Waals surface area contributed by atoms with Crippen molar-refractivity contribution in [2.45, 2.75) is 6.54 Å². The number of nitrogens with zero attached hydrogens (tertiary/aromatic N) is 4. The van der Waals surface area contributed by atoms with E-state index in [-0.39, 0.29) is 24.2 Å². The van der Waals surface area contributed by atoms with E-state index in [9.17, 15) is 14.0 Å². The van der Waals surface area contributed by atoms with Gasteiger partial charge >= 0.3 is 0 Å². The molecule has 168 valence electrons. The number of nitrogens with two attached hydrogens (primary N) is 1. The lowest BCUT2D eigenvalue weighted by molar-refractivity contribution is -0.123. The van der Waals surface area contributed by atoms with E-state index in [0.29, 0.717) is 31.2 Å². The number of piperazine rings is 2. The maximum atomic E-state index is 13.1. The van der Waals surface area contributed by atoms with Crippen LogP contribution in [0.3, 0.4) is 0 Å². The quantitative estimate of drug-likeness (QED) is 0.550. The van der Waals surface area contributed by atoms with Crippen LogP contribution in [0.5, 0.6) is 0 Å². The highest BCUT2D eigenvalue weighted by atomic mass is 19.1. The molecule has 0 atom stereocenters. The Morgan fingerprint density at radius 2 is 1.66 bits per heavy atom. The van der Waals surface area contributed by atoms with Gasteiger partial charge in [0.1, 0.15) is 5.82 Å². The van der Waals surface area contributed by atoms with E-state index in [1.165, 1.54) is 12.1 Å². The van der Waals surface area contributed by atoms with Gasteiger partial charge in [0.25, 0.3) is 5.91 Å². The van der Waals surface area contributed by atoms with E-state index < -0.39 is 0 Å². The van der Waals surface area contributed by atoms with Crippen molar-refractivity contribution >= 4 is 23.5 Å².